The van der Waals surface area contributed by atoms with Crippen molar-refractivity contribution in [2.45, 2.75) is 25.6 Å². The molecule has 1 rings (SSSR count). The summed E-state index contributed by atoms with van der Waals surface area (Å²) in [6.45, 7) is 1.75. The molecule has 0 aliphatic heterocycles. The summed E-state index contributed by atoms with van der Waals surface area (Å²) in [5.41, 5.74) is 1.19. The van der Waals surface area contributed by atoms with Crippen molar-refractivity contribution in [3.63, 3.8) is 0 Å². The van der Waals surface area contributed by atoms with Gasteiger partial charge < -0.3 is 9.84 Å². The van der Waals surface area contributed by atoms with Crippen molar-refractivity contribution >= 4 is 0 Å². The maximum atomic E-state index is 9.35. The Morgan fingerprint density at radius 2 is 1.92 bits per heavy atom. The molecule has 0 heterocycles. The zero-order chi connectivity index (χ0) is 9.68. The lowest BCUT2D eigenvalue weighted by atomic mass is 10.0. The molecular formula is C11H16O2. The summed E-state index contributed by atoms with van der Waals surface area (Å²) in [4.78, 5) is 0. The van der Waals surface area contributed by atoms with Crippen molar-refractivity contribution < 1.29 is 9.84 Å². The summed E-state index contributed by atoms with van der Waals surface area (Å²) in [6.07, 6.45) is 0.224. The molecule has 2 atom stereocenters. The molecule has 0 bridgehead atoms. The molecule has 13 heavy (non-hydrogen) atoms. The van der Waals surface area contributed by atoms with Gasteiger partial charge in [-0.25, -0.2) is 0 Å². The lowest BCUT2D eigenvalue weighted by Crippen LogP contribution is -2.27. The Balaban J connectivity index is 2.57. The molecule has 2 nitrogen and oxygen atoms in total. The van der Waals surface area contributed by atoms with Crippen LogP contribution in [0.25, 0.3) is 0 Å². The van der Waals surface area contributed by atoms with E-state index >= 15 is 0 Å². The standard InChI is InChI=1S/C11H16O2/c1-9(12)11(13-2)8-10-6-4-3-5-7-10/h3-7,9,11-12H,8H2,1-2H3/t9-,11+/m1/s1. The highest BCUT2D eigenvalue weighted by molar-refractivity contribution is 5.15. The molecule has 1 aromatic rings. The molecule has 1 N–H and O–H groups in total. The summed E-state index contributed by atoms with van der Waals surface area (Å²) in [5.74, 6) is 0. The van der Waals surface area contributed by atoms with Crippen LogP contribution in [0.3, 0.4) is 0 Å². The molecule has 0 saturated heterocycles. The Bertz CT molecular complexity index is 231. The Hall–Kier alpha value is -0.860. The average Bonchev–Trinajstić information content (AvgIpc) is 2.15. The minimum Gasteiger partial charge on any atom is -0.391 e. The minimum atomic E-state index is -0.426. The maximum absolute atomic E-state index is 9.35. The topological polar surface area (TPSA) is 29.5 Å². The molecule has 0 saturated carbocycles. The highest BCUT2D eigenvalue weighted by atomic mass is 16.5. The molecule has 0 unspecified atom stereocenters. The van der Waals surface area contributed by atoms with Crippen LogP contribution in [0.15, 0.2) is 30.3 Å². The SMILES string of the molecule is CO[C@@H](Cc1ccccc1)[C@@H](C)O. The highest BCUT2D eigenvalue weighted by Gasteiger charge is 2.13. The predicted octanol–water partition coefficient (Wildman–Crippen LogP) is 1.62. The number of benzene rings is 1. The molecule has 0 amide bonds. The summed E-state index contributed by atoms with van der Waals surface area (Å²) in [7, 11) is 1.63. The molecule has 0 aromatic heterocycles. The highest BCUT2D eigenvalue weighted by Crippen LogP contribution is 2.08. The van der Waals surface area contributed by atoms with Gasteiger partial charge in [0.25, 0.3) is 0 Å². The Kier molecular flexibility index (Phi) is 3.93. The van der Waals surface area contributed by atoms with Gasteiger partial charge in [-0.1, -0.05) is 30.3 Å². The van der Waals surface area contributed by atoms with Crippen molar-refractivity contribution in [2.75, 3.05) is 7.11 Å². The lowest BCUT2D eigenvalue weighted by Gasteiger charge is -2.17. The van der Waals surface area contributed by atoms with Crippen LogP contribution < -0.4 is 0 Å². The van der Waals surface area contributed by atoms with Crippen LogP contribution in [-0.4, -0.2) is 24.4 Å². The van der Waals surface area contributed by atoms with E-state index in [0.29, 0.717) is 0 Å². The van der Waals surface area contributed by atoms with Crippen LogP contribution in [0, 0.1) is 0 Å². The molecular weight excluding hydrogens is 164 g/mol. The van der Waals surface area contributed by atoms with Gasteiger partial charge >= 0.3 is 0 Å². The van der Waals surface area contributed by atoms with Gasteiger partial charge in [0.15, 0.2) is 0 Å². The first-order chi connectivity index (χ1) is 6.24. The van der Waals surface area contributed by atoms with Crippen molar-refractivity contribution in [3.8, 4) is 0 Å². The second kappa shape index (κ2) is 5.00. The number of hydrogen-bond acceptors (Lipinski definition) is 2. The van der Waals surface area contributed by atoms with Gasteiger partial charge in [-0.05, 0) is 12.5 Å². The van der Waals surface area contributed by atoms with Crippen molar-refractivity contribution in [1.29, 1.82) is 0 Å². The third-order valence-electron chi connectivity index (χ3n) is 2.12. The fourth-order valence-corrected chi connectivity index (χ4v) is 1.30. The molecule has 0 radical (unpaired) electrons. The summed E-state index contributed by atoms with van der Waals surface area (Å²) in [5, 5.41) is 9.35. The van der Waals surface area contributed by atoms with E-state index in [4.69, 9.17) is 4.74 Å². The summed E-state index contributed by atoms with van der Waals surface area (Å²) < 4.78 is 5.17. The fraction of sp³-hybridized carbons (Fsp3) is 0.455. The van der Waals surface area contributed by atoms with Gasteiger partial charge in [0, 0.05) is 13.5 Å². The first kappa shape index (κ1) is 10.2. The van der Waals surface area contributed by atoms with Crippen LogP contribution in [0.2, 0.25) is 0 Å². The third kappa shape index (κ3) is 3.17. The zero-order valence-corrected chi connectivity index (χ0v) is 8.10. The number of methoxy groups -OCH3 is 1. The van der Waals surface area contributed by atoms with E-state index in [0.717, 1.165) is 6.42 Å². The molecule has 0 spiro atoms. The van der Waals surface area contributed by atoms with Crippen molar-refractivity contribution in [1.82, 2.24) is 0 Å². The third-order valence-corrected chi connectivity index (χ3v) is 2.12. The van der Waals surface area contributed by atoms with E-state index in [-0.39, 0.29) is 6.10 Å². The van der Waals surface area contributed by atoms with Crippen molar-refractivity contribution in [2.24, 2.45) is 0 Å². The van der Waals surface area contributed by atoms with E-state index in [2.05, 4.69) is 0 Å². The van der Waals surface area contributed by atoms with Gasteiger partial charge in [0.1, 0.15) is 0 Å². The first-order valence-electron chi connectivity index (χ1n) is 4.49. The van der Waals surface area contributed by atoms with E-state index in [9.17, 15) is 5.11 Å². The Morgan fingerprint density at radius 1 is 1.31 bits per heavy atom. The van der Waals surface area contributed by atoms with Gasteiger partial charge in [-0.15, -0.1) is 0 Å². The molecule has 1 aromatic carbocycles. The number of aliphatic hydroxyl groups excluding tert-OH is 1. The lowest BCUT2D eigenvalue weighted by molar-refractivity contribution is -0.00133. The second-order valence-corrected chi connectivity index (χ2v) is 3.20. The van der Waals surface area contributed by atoms with Gasteiger partial charge in [0.2, 0.25) is 0 Å². The smallest absolute Gasteiger partial charge is 0.0867 e. The monoisotopic (exact) mass is 180 g/mol. The van der Waals surface area contributed by atoms with Crippen LogP contribution in [0.1, 0.15) is 12.5 Å². The van der Waals surface area contributed by atoms with Crippen LogP contribution in [0.5, 0.6) is 0 Å². The molecule has 0 aliphatic carbocycles. The maximum Gasteiger partial charge on any atom is 0.0867 e. The predicted molar refractivity (Wildman–Crippen MR) is 52.6 cm³/mol. The minimum absolute atomic E-state index is 0.109. The largest absolute Gasteiger partial charge is 0.391 e. The number of ether oxygens (including phenoxy) is 1. The summed E-state index contributed by atoms with van der Waals surface area (Å²) in [6, 6.07) is 10.0. The number of aliphatic hydroxyl groups is 1. The van der Waals surface area contributed by atoms with E-state index in [1.807, 2.05) is 30.3 Å². The van der Waals surface area contributed by atoms with Crippen LogP contribution in [-0.2, 0) is 11.2 Å². The number of rotatable bonds is 4. The fourth-order valence-electron chi connectivity index (χ4n) is 1.30. The normalized spacial score (nSPS) is 15.3. The van der Waals surface area contributed by atoms with Gasteiger partial charge in [-0.3, -0.25) is 0 Å². The van der Waals surface area contributed by atoms with Crippen molar-refractivity contribution in [3.05, 3.63) is 35.9 Å². The Labute approximate surface area is 79.2 Å². The van der Waals surface area contributed by atoms with Crippen LogP contribution >= 0.6 is 0 Å². The first-order valence-corrected chi connectivity index (χ1v) is 4.49. The number of hydrogen-bond donors (Lipinski definition) is 1. The van der Waals surface area contributed by atoms with E-state index in [1.54, 1.807) is 14.0 Å². The van der Waals surface area contributed by atoms with Crippen LogP contribution in [0.4, 0.5) is 0 Å². The zero-order valence-electron chi connectivity index (χ0n) is 8.10. The second-order valence-electron chi connectivity index (χ2n) is 3.20. The van der Waals surface area contributed by atoms with Gasteiger partial charge in [-0.2, -0.15) is 0 Å². The Morgan fingerprint density at radius 3 is 2.38 bits per heavy atom. The molecule has 0 aliphatic rings. The molecule has 72 valence electrons. The van der Waals surface area contributed by atoms with E-state index in [1.165, 1.54) is 5.56 Å². The van der Waals surface area contributed by atoms with Gasteiger partial charge in [0.05, 0.1) is 12.2 Å². The van der Waals surface area contributed by atoms with E-state index < -0.39 is 6.10 Å². The molecule has 2 heteroatoms. The average molecular weight is 180 g/mol. The summed E-state index contributed by atoms with van der Waals surface area (Å²) >= 11 is 0. The quantitative estimate of drug-likeness (QED) is 0.763. The molecule has 0 fully saturated rings.